The maximum absolute atomic E-state index is 13.1. The van der Waals surface area contributed by atoms with Crippen LogP contribution in [0.25, 0.3) is 0 Å². The molecule has 1 aromatic heterocycles. The number of hydrogen-bond acceptors (Lipinski definition) is 4. The van der Waals surface area contributed by atoms with Crippen LogP contribution in [0.4, 0.5) is 0 Å². The molecule has 0 unspecified atom stereocenters. The average molecular weight is 391 g/mol. The molecule has 1 aliphatic heterocycles. The zero-order valence-electron chi connectivity index (χ0n) is 15.9. The number of nitrogens with zero attached hydrogens (tertiary/aromatic N) is 1. The van der Waals surface area contributed by atoms with Gasteiger partial charge in [0.2, 0.25) is 10.0 Å². The van der Waals surface area contributed by atoms with E-state index in [0.717, 1.165) is 24.7 Å². The fourth-order valence-corrected chi connectivity index (χ4v) is 4.02. The summed E-state index contributed by atoms with van der Waals surface area (Å²) >= 11 is 0. The van der Waals surface area contributed by atoms with Gasteiger partial charge < -0.3 is 9.32 Å². The normalized spacial score (nSPS) is 20.6. The molecule has 2 atom stereocenters. The molecule has 0 saturated carbocycles. The third kappa shape index (κ3) is 4.78. The van der Waals surface area contributed by atoms with Crippen molar-refractivity contribution in [3.05, 3.63) is 59.0 Å². The number of amides is 1. The molecule has 2 heterocycles. The summed E-state index contributed by atoms with van der Waals surface area (Å²) in [6.07, 6.45) is 3.12. The summed E-state index contributed by atoms with van der Waals surface area (Å²) in [5, 5.41) is 0. The molecule has 0 radical (unpaired) electrons. The lowest BCUT2D eigenvalue weighted by atomic mass is 9.85. The molecule has 1 fully saturated rings. The van der Waals surface area contributed by atoms with Crippen LogP contribution in [0.15, 0.2) is 40.8 Å². The van der Waals surface area contributed by atoms with E-state index in [1.807, 2.05) is 11.8 Å². The molecular weight excluding hydrogens is 364 g/mol. The Hall–Kier alpha value is -2.12. The van der Waals surface area contributed by atoms with Gasteiger partial charge in [-0.05, 0) is 43.4 Å². The van der Waals surface area contributed by atoms with E-state index in [-0.39, 0.29) is 24.3 Å². The van der Waals surface area contributed by atoms with Crippen LogP contribution in [0, 0.1) is 12.8 Å². The Bertz CT molecular complexity index is 902. The van der Waals surface area contributed by atoms with Gasteiger partial charge in [-0.3, -0.25) is 4.79 Å². The molecule has 146 valence electrons. The Kier molecular flexibility index (Phi) is 5.72. The number of likely N-dealkylation sites (tertiary alicyclic amines) is 1. The van der Waals surface area contributed by atoms with Crippen molar-refractivity contribution in [3.8, 4) is 0 Å². The van der Waals surface area contributed by atoms with Crippen molar-refractivity contribution in [2.24, 2.45) is 5.92 Å². The van der Waals surface area contributed by atoms with E-state index < -0.39 is 10.0 Å². The van der Waals surface area contributed by atoms with Crippen LogP contribution < -0.4 is 4.72 Å². The number of piperidine rings is 1. The van der Waals surface area contributed by atoms with Crippen molar-refractivity contribution in [2.75, 3.05) is 12.8 Å². The molecule has 7 heteroatoms. The van der Waals surface area contributed by atoms with Crippen molar-refractivity contribution >= 4 is 15.9 Å². The van der Waals surface area contributed by atoms with Crippen LogP contribution >= 0.6 is 0 Å². The van der Waals surface area contributed by atoms with E-state index in [9.17, 15) is 13.2 Å². The lowest BCUT2D eigenvalue weighted by Gasteiger charge is -2.40. The summed E-state index contributed by atoms with van der Waals surface area (Å²) in [6.45, 7) is 4.93. The van der Waals surface area contributed by atoms with Crippen LogP contribution in [0.3, 0.4) is 0 Å². The topological polar surface area (TPSA) is 79.6 Å². The van der Waals surface area contributed by atoms with Crippen molar-refractivity contribution in [3.63, 3.8) is 0 Å². The van der Waals surface area contributed by atoms with E-state index in [1.165, 1.54) is 5.56 Å². The first-order valence-electron chi connectivity index (χ1n) is 9.15. The van der Waals surface area contributed by atoms with Gasteiger partial charge in [-0.2, -0.15) is 0 Å². The second-order valence-electron chi connectivity index (χ2n) is 7.33. The van der Waals surface area contributed by atoms with Crippen LogP contribution in [0.2, 0.25) is 0 Å². The van der Waals surface area contributed by atoms with Gasteiger partial charge in [0.25, 0.3) is 5.91 Å². The van der Waals surface area contributed by atoms with Gasteiger partial charge in [0.15, 0.2) is 5.76 Å². The van der Waals surface area contributed by atoms with Crippen molar-refractivity contribution in [1.29, 1.82) is 0 Å². The fourth-order valence-electron chi connectivity index (χ4n) is 3.62. The number of hydrogen-bond donors (Lipinski definition) is 1. The number of benzene rings is 1. The van der Waals surface area contributed by atoms with Gasteiger partial charge in [0.05, 0.1) is 18.8 Å². The first-order chi connectivity index (χ1) is 12.7. The summed E-state index contributed by atoms with van der Waals surface area (Å²) in [5.41, 5.74) is 2.32. The van der Waals surface area contributed by atoms with E-state index in [0.29, 0.717) is 18.2 Å². The van der Waals surface area contributed by atoms with Crippen molar-refractivity contribution in [2.45, 2.75) is 39.3 Å². The van der Waals surface area contributed by atoms with E-state index in [1.54, 1.807) is 12.1 Å². The van der Waals surface area contributed by atoms with Crippen LogP contribution in [0.5, 0.6) is 0 Å². The Morgan fingerprint density at radius 3 is 2.59 bits per heavy atom. The maximum Gasteiger partial charge on any atom is 0.290 e. The number of carbonyl (C=O) groups is 1. The first-order valence-corrected chi connectivity index (χ1v) is 11.0. The monoisotopic (exact) mass is 390 g/mol. The minimum atomic E-state index is -3.31. The second-order valence-corrected chi connectivity index (χ2v) is 9.17. The Labute approximate surface area is 160 Å². The largest absolute Gasteiger partial charge is 0.455 e. The predicted molar refractivity (Wildman–Crippen MR) is 104 cm³/mol. The molecule has 6 nitrogen and oxygen atoms in total. The van der Waals surface area contributed by atoms with Gasteiger partial charge in [0, 0.05) is 6.54 Å². The molecule has 3 rings (SSSR count). The summed E-state index contributed by atoms with van der Waals surface area (Å²) in [5.74, 6) is 0.858. The van der Waals surface area contributed by atoms with Gasteiger partial charge in [-0.15, -0.1) is 0 Å². The highest BCUT2D eigenvalue weighted by molar-refractivity contribution is 7.88. The maximum atomic E-state index is 13.1. The van der Waals surface area contributed by atoms with Crippen molar-refractivity contribution in [1.82, 2.24) is 9.62 Å². The van der Waals surface area contributed by atoms with Gasteiger partial charge in [-0.1, -0.05) is 36.8 Å². The van der Waals surface area contributed by atoms with E-state index in [4.69, 9.17) is 4.42 Å². The lowest BCUT2D eigenvalue weighted by Crippen LogP contribution is -2.42. The third-order valence-electron chi connectivity index (χ3n) is 4.99. The zero-order valence-corrected chi connectivity index (χ0v) is 16.8. The fraction of sp³-hybridized carbons (Fsp3) is 0.450. The number of rotatable bonds is 5. The summed E-state index contributed by atoms with van der Waals surface area (Å²) in [4.78, 5) is 15.0. The van der Waals surface area contributed by atoms with Gasteiger partial charge in [-0.25, -0.2) is 13.1 Å². The molecule has 1 saturated heterocycles. The second kappa shape index (κ2) is 7.86. The highest BCUT2D eigenvalue weighted by atomic mass is 32.2. The minimum Gasteiger partial charge on any atom is -0.455 e. The van der Waals surface area contributed by atoms with Crippen LogP contribution in [0.1, 0.15) is 53.2 Å². The number of aryl methyl sites for hydroxylation is 1. The van der Waals surface area contributed by atoms with Crippen LogP contribution in [-0.2, 0) is 16.6 Å². The summed E-state index contributed by atoms with van der Waals surface area (Å²) in [7, 11) is -3.31. The summed E-state index contributed by atoms with van der Waals surface area (Å²) in [6, 6.07) is 11.6. The summed E-state index contributed by atoms with van der Waals surface area (Å²) < 4.78 is 30.4. The Balaban J connectivity index is 1.81. The third-order valence-corrected chi connectivity index (χ3v) is 5.66. The molecule has 27 heavy (non-hydrogen) atoms. The molecule has 1 N–H and O–H groups in total. The average Bonchev–Trinajstić information content (AvgIpc) is 3.09. The van der Waals surface area contributed by atoms with Crippen molar-refractivity contribution < 1.29 is 17.6 Å². The molecule has 1 aliphatic rings. The number of nitrogens with one attached hydrogen (secondary N) is 1. The van der Waals surface area contributed by atoms with E-state index >= 15 is 0 Å². The number of carbonyl (C=O) groups excluding carboxylic acids is 1. The molecule has 2 aromatic rings. The van der Waals surface area contributed by atoms with Gasteiger partial charge in [0.1, 0.15) is 5.76 Å². The quantitative estimate of drug-likeness (QED) is 0.850. The number of furan rings is 1. The Morgan fingerprint density at radius 1 is 1.22 bits per heavy atom. The SMILES string of the molecule is Cc1ccc([C@H]2[C@@H](C)CCCN2C(=O)c2ccc(CNS(C)(=O)=O)o2)cc1. The molecule has 0 spiro atoms. The molecule has 1 amide bonds. The van der Waals surface area contributed by atoms with Crippen LogP contribution in [-0.4, -0.2) is 32.0 Å². The molecule has 1 aromatic carbocycles. The highest BCUT2D eigenvalue weighted by Gasteiger charge is 2.34. The first kappa shape index (κ1) is 19.6. The lowest BCUT2D eigenvalue weighted by molar-refractivity contribution is 0.0480. The zero-order chi connectivity index (χ0) is 19.6. The van der Waals surface area contributed by atoms with Gasteiger partial charge >= 0.3 is 0 Å². The van der Waals surface area contributed by atoms with E-state index in [2.05, 4.69) is 35.9 Å². The smallest absolute Gasteiger partial charge is 0.290 e. The molecular formula is C20H26N2O4S. The minimum absolute atomic E-state index is 0.00884. The standard InChI is InChI=1S/C20H26N2O4S/c1-14-6-8-16(9-7-14)19-15(2)5-4-12-22(19)20(23)18-11-10-17(26-18)13-21-27(3,24)25/h6-11,15,19,21H,4-5,12-13H2,1-3H3/t15-,19+/m0/s1. The number of sulfonamides is 1. The predicted octanol–water partition coefficient (Wildman–Crippen LogP) is 3.25. The Morgan fingerprint density at radius 2 is 1.93 bits per heavy atom. The highest BCUT2D eigenvalue weighted by Crippen LogP contribution is 2.37. The molecule has 0 aliphatic carbocycles. The molecule has 0 bridgehead atoms.